The highest BCUT2D eigenvalue weighted by molar-refractivity contribution is 8.07. The highest BCUT2D eigenvalue weighted by Crippen LogP contribution is 2.50. The Balaban J connectivity index is 2.71. The van der Waals surface area contributed by atoms with Gasteiger partial charge >= 0.3 is 6.72 Å². The second kappa shape index (κ2) is 8.98. The molecule has 0 spiro atoms. The molecule has 0 atom stereocenters. The highest BCUT2D eigenvalue weighted by Gasteiger charge is 2.21. The Bertz CT molecular complexity index is 397. The Kier molecular flexibility index (Phi) is 8.03. The quantitative estimate of drug-likeness (QED) is 0.478. The van der Waals surface area contributed by atoms with Gasteiger partial charge in [0.1, 0.15) is 5.75 Å². The minimum Gasteiger partial charge on any atom is -0.424 e. The third kappa shape index (κ3) is 6.28. The molecule has 3 nitrogen and oxygen atoms in total. The monoisotopic (exact) mass is 320 g/mol. The Morgan fingerprint density at radius 2 is 1.58 bits per heavy atom. The van der Waals surface area contributed by atoms with E-state index in [4.69, 9.17) is 25.4 Å². The number of hydrogen-bond acceptors (Lipinski definition) is 5. The lowest BCUT2D eigenvalue weighted by Gasteiger charge is -2.22. The lowest BCUT2D eigenvalue weighted by Crippen LogP contribution is -2.03. The first kappa shape index (κ1) is 17.0. The van der Waals surface area contributed by atoms with Crippen LogP contribution in [0.3, 0.4) is 0 Å². The van der Waals surface area contributed by atoms with Gasteiger partial charge in [-0.15, -0.1) is 11.8 Å². The van der Waals surface area contributed by atoms with E-state index in [2.05, 4.69) is 0 Å². The lowest BCUT2D eigenvalue weighted by molar-refractivity contribution is 0.202. The smallest absolute Gasteiger partial charge is 0.380 e. The maximum Gasteiger partial charge on any atom is 0.380 e. The predicted octanol–water partition coefficient (Wildman–Crippen LogP) is 4.87. The fourth-order valence-corrected chi connectivity index (χ4v) is 3.75. The molecule has 0 heterocycles. The van der Waals surface area contributed by atoms with E-state index < -0.39 is 6.72 Å². The van der Waals surface area contributed by atoms with Gasteiger partial charge < -0.3 is 4.52 Å². The van der Waals surface area contributed by atoms with Crippen LogP contribution in [0.2, 0.25) is 0 Å². The van der Waals surface area contributed by atoms with Crippen LogP contribution in [0.1, 0.15) is 26.7 Å². The van der Waals surface area contributed by atoms with E-state index in [1.165, 1.54) is 4.90 Å². The van der Waals surface area contributed by atoms with Crippen molar-refractivity contribution in [2.75, 3.05) is 19.5 Å². The van der Waals surface area contributed by atoms with Crippen LogP contribution in [-0.2, 0) is 20.9 Å². The van der Waals surface area contributed by atoms with Gasteiger partial charge in [-0.2, -0.15) is 0 Å². The van der Waals surface area contributed by atoms with Crippen LogP contribution in [0, 0.1) is 0 Å². The molecule has 108 valence electrons. The molecule has 0 radical (unpaired) electrons. The summed E-state index contributed by atoms with van der Waals surface area (Å²) in [5.74, 6) is 0.702. The maximum atomic E-state index is 5.78. The van der Waals surface area contributed by atoms with Crippen molar-refractivity contribution in [3.63, 3.8) is 0 Å². The summed E-state index contributed by atoms with van der Waals surface area (Å²) in [4.78, 5) is 1.18. The van der Waals surface area contributed by atoms with Gasteiger partial charge in [0.25, 0.3) is 0 Å². The van der Waals surface area contributed by atoms with E-state index in [0.717, 1.165) is 12.8 Å². The third-order valence-corrected chi connectivity index (χ3v) is 5.22. The average Bonchev–Trinajstić information content (AvgIpc) is 2.44. The van der Waals surface area contributed by atoms with Crippen LogP contribution in [0.4, 0.5) is 0 Å². The zero-order chi connectivity index (χ0) is 14.1. The van der Waals surface area contributed by atoms with Crippen molar-refractivity contribution in [2.45, 2.75) is 31.6 Å². The summed E-state index contributed by atoms with van der Waals surface area (Å²) in [6.45, 7) is 2.52. The molecule has 0 saturated heterocycles. The van der Waals surface area contributed by atoms with Crippen LogP contribution in [0.25, 0.3) is 0 Å². The van der Waals surface area contributed by atoms with E-state index in [-0.39, 0.29) is 0 Å². The minimum absolute atomic E-state index is 0.559. The number of benzene rings is 1. The topological polar surface area (TPSA) is 27.7 Å². The first-order valence-electron chi connectivity index (χ1n) is 6.36. The molecule has 0 aliphatic carbocycles. The molecular weight excluding hydrogens is 299 g/mol. The summed E-state index contributed by atoms with van der Waals surface area (Å²) in [6.07, 6.45) is 3.82. The molecule has 19 heavy (non-hydrogen) atoms. The van der Waals surface area contributed by atoms with Gasteiger partial charge in [0, 0.05) is 16.7 Å². The fraction of sp³-hybridized carbons (Fsp3) is 0.538. The summed E-state index contributed by atoms with van der Waals surface area (Å²) in [7, 11) is 0. The minimum atomic E-state index is -2.67. The van der Waals surface area contributed by atoms with Gasteiger partial charge in [-0.25, -0.2) is 0 Å². The summed E-state index contributed by atoms with van der Waals surface area (Å²) < 4.78 is 17.0. The van der Waals surface area contributed by atoms with Crippen LogP contribution in [0.5, 0.6) is 5.75 Å². The van der Waals surface area contributed by atoms with Gasteiger partial charge in [-0.05, 0) is 43.4 Å². The molecule has 0 fully saturated rings. The maximum absolute atomic E-state index is 5.78. The van der Waals surface area contributed by atoms with Crippen LogP contribution in [0.15, 0.2) is 29.2 Å². The van der Waals surface area contributed by atoms with Crippen LogP contribution >= 0.6 is 18.5 Å². The van der Waals surface area contributed by atoms with E-state index in [9.17, 15) is 0 Å². The molecule has 0 N–H and O–H groups in total. The Labute approximate surface area is 125 Å². The van der Waals surface area contributed by atoms with Crippen LogP contribution in [-0.4, -0.2) is 19.5 Å². The number of thioether (sulfide) groups is 1. The molecule has 1 rings (SSSR count). The average molecular weight is 320 g/mol. The zero-order valence-electron chi connectivity index (χ0n) is 11.6. The second-order valence-electron chi connectivity index (χ2n) is 3.88. The fourth-order valence-electron chi connectivity index (χ4n) is 1.26. The molecule has 1 aromatic carbocycles. The molecule has 0 aliphatic heterocycles. The lowest BCUT2D eigenvalue weighted by atomic mass is 10.3. The van der Waals surface area contributed by atoms with Gasteiger partial charge in [-0.3, -0.25) is 9.05 Å². The zero-order valence-corrected chi connectivity index (χ0v) is 14.2. The van der Waals surface area contributed by atoms with Crippen molar-refractivity contribution >= 4 is 30.3 Å². The van der Waals surface area contributed by atoms with Crippen molar-refractivity contribution in [2.24, 2.45) is 0 Å². The molecule has 0 aliphatic rings. The Hall–Kier alpha value is -0.0600. The molecule has 0 saturated carbocycles. The highest BCUT2D eigenvalue weighted by atomic mass is 32.5. The van der Waals surface area contributed by atoms with E-state index in [0.29, 0.717) is 19.0 Å². The summed E-state index contributed by atoms with van der Waals surface area (Å²) >= 11 is 7.10. The van der Waals surface area contributed by atoms with Gasteiger partial charge in [-0.1, -0.05) is 13.8 Å². The van der Waals surface area contributed by atoms with Crippen molar-refractivity contribution in [1.29, 1.82) is 0 Å². The Morgan fingerprint density at radius 3 is 2.00 bits per heavy atom. The first-order chi connectivity index (χ1) is 9.13. The van der Waals surface area contributed by atoms with Crippen molar-refractivity contribution in [3.05, 3.63) is 24.3 Å². The largest absolute Gasteiger partial charge is 0.424 e. The van der Waals surface area contributed by atoms with E-state index >= 15 is 0 Å². The number of hydrogen-bond donors (Lipinski definition) is 0. The predicted molar refractivity (Wildman–Crippen MR) is 85.6 cm³/mol. The molecule has 1 aromatic rings. The normalized spacial score (nSPS) is 11.5. The van der Waals surface area contributed by atoms with Crippen molar-refractivity contribution < 1.29 is 13.6 Å². The van der Waals surface area contributed by atoms with Crippen molar-refractivity contribution in [3.8, 4) is 5.75 Å². The summed E-state index contributed by atoms with van der Waals surface area (Å²) in [6, 6.07) is 7.80. The molecule has 0 amide bonds. The van der Waals surface area contributed by atoms with Crippen LogP contribution < -0.4 is 4.52 Å². The molecular formula is C13H21O3PS2. The van der Waals surface area contributed by atoms with E-state index in [1.54, 1.807) is 11.8 Å². The summed E-state index contributed by atoms with van der Waals surface area (Å²) in [5.41, 5.74) is 0. The SMILES string of the molecule is CCCOP(=S)(OCCC)Oc1ccc(SC)cc1. The summed E-state index contributed by atoms with van der Waals surface area (Å²) in [5, 5.41) is 0. The van der Waals surface area contributed by atoms with Gasteiger partial charge in [0.05, 0.1) is 13.2 Å². The third-order valence-electron chi connectivity index (χ3n) is 2.18. The molecule has 6 heteroatoms. The first-order valence-corrected chi connectivity index (χ1v) is 10.1. The van der Waals surface area contributed by atoms with E-state index in [1.807, 2.05) is 44.4 Å². The molecule has 0 aromatic heterocycles. The standard InChI is InChI=1S/C13H21O3PS2/c1-4-10-14-17(18,15-11-5-2)16-12-6-8-13(19-3)9-7-12/h6-9H,4-5,10-11H2,1-3H3. The number of rotatable bonds is 9. The Morgan fingerprint density at radius 1 is 1.05 bits per heavy atom. The van der Waals surface area contributed by atoms with Crippen molar-refractivity contribution in [1.82, 2.24) is 0 Å². The van der Waals surface area contributed by atoms with Gasteiger partial charge in [0.2, 0.25) is 0 Å². The molecule has 0 bridgehead atoms. The van der Waals surface area contributed by atoms with Gasteiger partial charge in [0.15, 0.2) is 0 Å². The molecule has 0 unspecified atom stereocenters. The second-order valence-corrected chi connectivity index (χ2v) is 7.70.